The van der Waals surface area contributed by atoms with Gasteiger partial charge in [-0.05, 0) is 18.2 Å². The fourth-order valence-corrected chi connectivity index (χ4v) is 2.02. The van der Waals surface area contributed by atoms with Crippen molar-refractivity contribution in [3.05, 3.63) is 48.8 Å². The van der Waals surface area contributed by atoms with Crippen LogP contribution in [0.15, 0.2) is 53.9 Å². The van der Waals surface area contributed by atoms with Gasteiger partial charge >= 0.3 is 0 Å². The standard InChI is InChI=1S/C15H13N5O2/c21-13-8-7-12(14(22)18-15-16-9-4-10-17-15)19-20(13)11-5-2-1-3-6-11/h1-6,9-10H,7-8H2,(H,16,17,18,22). The number of nitrogens with one attached hydrogen (secondary N) is 1. The molecule has 7 heteroatoms. The Morgan fingerprint density at radius 2 is 1.77 bits per heavy atom. The van der Waals surface area contributed by atoms with Crippen molar-refractivity contribution >= 4 is 29.2 Å². The quantitative estimate of drug-likeness (QED) is 0.931. The molecule has 1 aromatic carbocycles. The van der Waals surface area contributed by atoms with Crippen molar-refractivity contribution in [2.45, 2.75) is 12.8 Å². The van der Waals surface area contributed by atoms with Crippen LogP contribution in [-0.4, -0.2) is 27.5 Å². The number of aromatic nitrogens is 2. The number of amides is 2. The Kier molecular flexibility index (Phi) is 3.86. The van der Waals surface area contributed by atoms with Crippen molar-refractivity contribution in [3.63, 3.8) is 0 Å². The van der Waals surface area contributed by atoms with Crippen LogP contribution in [0.2, 0.25) is 0 Å². The molecule has 3 rings (SSSR count). The Bertz CT molecular complexity index is 715. The summed E-state index contributed by atoms with van der Waals surface area (Å²) in [5.74, 6) is -0.336. The molecule has 110 valence electrons. The van der Waals surface area contributed by atoms with Crippen molar-refractivity contribution in [1.29, 1.82) is 0 Å². The van der Waals surface area contributed by atoms with E-state index in [0.717, 1.165) is 0 Å². The van der Waals surface area contributed by atoms with Gasteiger partial charge in [0.2, 0.25) is 11.9 Å². The first-order chi connectivity index (χ1) is 10.7. The third kappa shape index (κ3) is 2.98. The van der Waals surface area contributed by atoms with Crippen LogP contribution in [0.3, 0.4) is 0 Å². The van der Waals surface area contributed by atoms with E-state index in [1.54, 1.807) is 18.2 Å². The Balaban J connectivity index is 1.81. The predicted molar refractivity (Wildman–Crippen MR) is 81.3 cm³/mol. The zero-order chi connectivity index (χ0) is 15.4. The van der Waals surface area contributed by atoms with Gasteiger partial charge < -0.3 is 0 Å². The van der Waals surface area contributed by atoms with Gasteiger partial charge in [-0.2, -0.15) is 5.10 Å². The minimum absolute atomic E-state index is 0.140. The van der Waals surface area contributed by atoms with Crippen molar-refractivity contribution in [3.8, 4) is 0 Å². The molecule has 0 saturated heterocycles. The van der Waals surface area contributed by atoms with E-state index in [1.807, 2.05) is 18.2 Å². The summed E-state index contributed by atoms with van der Waals surface area (Å²) in [5, 5.41) is 7.98. The summed E-state index contributed by atoms with van der Waals surface area (Å²) >= 11 is 0. The fraction of sp³-hybridized carbons (Fsp3) is 0.133. The molecule has 0 saturated carbocycles. The smallest absolute Gasteiger partial charge is 0.274 e. The summed E-state index contributed by atoms with van der Waals surface area (Å²) in [7, 11) is 0. The molecule has 22 heavy (non-hydrogen) atoms. The van der Waals surface area contributed by atoms with Gasteiger partial charge in [-0.3, -0.25) is 14.9 Å². The second-order valence-corrected chi connectivity index (χ2v) is 4.61. The maximum absolute atomic E-state index is 12.2. The van der Waals surface area contributed by atoms with Crippen LogP contribution in [0.25, 0.3) is 0 Å². The van der Waals surface area contributed by atoms with Gasteiger partial charge in [0.05, 0.1) is 5.69 Å². The third-order valence-electron chi connectivity index (χ3n) is 3.09. The fourth-order valence-electron chi connectivity index (χ4n) is 2.02. The van der Waals surface area contributed by atoms with E-state index < -0.39 is 5.91 Å². The summed E-state index contributed by atoms with van der Waals surface area (Å²) in [5.41, 5.74) is 0.907. The van der Waals surface area contributed by atoms with Crippen LogP contribution in [0.4, 0.5) is 11.6 Å². The van der Waals surface area contributed by atoms with E-state index in [1.165, 1.54) is 17.4 Å². The largest absolute Gasteiger partial charge is 0.289 e. The Labute approximate surface area is 126 Å². The molecular weight excluding hydrogens is 282 g/mol. The van der Waals surface area contributed by atoms with Crippen molar-refractivity contribution in [1.82, 2.24) is 9.97 Å². The molecule has 2 amide bonds. The second-order valence-electron chi connectivity index (χ2n) is 4.61. The van der Waals surface area contributed by atoms with Gasteiger partial charge in [-0.15, -0.1) is 0 Å². The van der Waals surface area contributed by atoms with Gasteiger partial charge in [0.25, 0.3) is 5.91 Å². The molecule has 0 unspecified atom stereocenters. The number of carbonyl (C=O) groups excluding carboxylic acids is 2. The van der Waals surface area contributed by atoms with Crippen LogP contribution in [0, 0.1) is 0 Å². The highest BCUT2D eigenvalue weighted by Crippen LogP contribution is 2.19. The maximum atomic E-state index is 12.2. The van der Waals surface area contributed by atoms with E-state index >= 15 is 0 Å². The van der Waals surface area contributed by atoms with Crippen LogP contribution in [0.1, 0.15) is 12.8 Å². The normalized spacial score (nSPS) is 14.5. The average Bonchev–Trinajstić information content (AvgIpc) is 2.57. The van der Waals surface area contributed by atoms with E-state index in [0.29, 0.717) is 12.1 Å². The maximum Gasteiger partial charge on any atom is 0.274 e. The second kappa shape index (κ2) is 6.13. The van der Waals surface area contributed by atoms with E-state index in [4.69, 9.17) is 0 Å². The Morgan fingerprint density at radius 3 is 2.50 bits per heavy atom. The predicted octanol–water partition coefficient (Wildman–Crippen LogP) is 1.60. The van der Waals surface area contributed by atoms with Gasteiger partial charge in [0.15, 0.2) is 0 Å². The molecule has 1 aliphatic rings. The van der Waals surface area contributed by atoms with Crippen molar-refractivity contribution < 1.29 is 9.59 Å². The van der Waals surface area contributed by atoms with Gasteiger partial charge in [-0.25, -0.2) is 15.0 Å². The molecule has 1 aliphatic heterocycles. The van der Waals surface area contributed by atoms with E-state index in [9.17, 15) is 9.59 Å². The van der Waals surface area contributed by atoms with Crippen LogP contribution < -0.4 is 10.3 Å². The Morgan fingerprint density at radius 1 is 1.05 bits per heavy atom. The number of anilines is 2. The highest BCUT2D eigenvalue weighted by Gasteiger charge is 2.25. The lowest BCUT2D eigenvalue weighted by Gasteiger charge is -2.22. The molecule has 0 atom stereocenters. The van der Waals surface area contributed by atoms with Gasteiger partial charge in [-0.1, -0.05) is 18.2 Å². The molecule has 0 aliphatic carbocycles. The lowest BCUT2D eigenvalue weighted by atomic mass is 10.1. The number of hydrazone groups is 1. The molecule has 7 nitrogen and oxygen atoms in total. The molecule has 1 N–H and O–H groups in total. The molecule has 2 aromatic rings. The third-order valence-corrected chi connectivity index (χ3v) is 3.09. The van der Waals surface area contributed by atoms with Crippen LogP contribution in [-0.2, 0) is 9.59 Å². The number of rotatable bonds is 3. The number of hydrogen-bond acceptors (Lipinski definition) is 5. The zero-order valence-corrected chi connectivity index (χ0v) is 11.6. The summed E-state index contributed by atoms with van der Waals surface area (Å²) in [6, 6.07) is 10.7. The number of para-hydroxylation sites is 1. The highest BCUT2D eigenvalue weighted by atomic mass is 16.2. The monoisotopic (exact) mass is 295 g/mol. The first-order valence-electron chi connectivity index (χ1n) is 6.78. The highest BCUT2D eigenvalue weighted by molar-refractivity contribution is 6.44. The molecule has 0 bridgehead atoms. The van der Waals surface area contributed by atoms with Crippen molar-refractivity contribution in [2.75, 3.05) is 10.3 Å². The van der Waals surface area contributed by atoms with E-state index in [-0.39, 0.29) is 24.0 Å². The average molecular weight is 295 g/mol. The summed E-state index contributed by atoms with van der Waals surface area (Å²) < 4.78 is 0. The van der Waals surface area contributed by atoms with Crippen LogP contribution >= 0.6 is 0 Å². The minimum atomic E-state index is -0.403. The lowest BCUT2D eigenvalue weighted by molar-refractivity contribution is -0.118. The molecule has 0 radical (unpaired) electrons. The van der Waals surface area contributed by atoms with Crippen molar-refractivity contribution in [2.24, 2.45) is 5.10 Å². The summed E-state index contributed by atoms with van der Waals surface area (Å²) in [6.07, 6.45) is 3.59. The first-order valence-corrected chi connectivity index (χ1v) is 6.78. The molecule has 0 spiro atoms. The first kappa shape index (κ1) is 13.9. The number of benzene rings is 1. The minimum Gasteiger partial charge on any atom is -0.289 e. The number of carbonyl (C=O) groups is 2. The lowest BCUT2D eigenvalue weighted by Crippen LogP contribution is -2.36. The summed E-state index contributed by atoms with van der Waals surface area (Å²) in [6.45, 7) is 0. The molecule has 0 fully saturated rings. The molecule has 2 heterocycles. The Hall–Kier alpha value is -3.09. The number of nitrogens with zero attached hydrogens (tertiary/aromatic N) is 4. The van der Waals surface area contributed by atoms with Gasteiger partial charge in [0, 0.05) is 25.2 Å². The van der Waals surface area contributed by atoms with Crippen LogP contribution in [0.5, 0.6) is 0 Å². The van der Waals surface area contributed by atoms with E-state index in [2.05, 4.69) is 20.4 Å². The SMILES string of the molecule is O=C(Nc1ncccn1)C1=NN(c2ccccc2)C(=O)CC1. The zero-order valence-electron chi connectivity index (χ0n) is 11.6. The molecule has 1 aromatic heterocycles. The summed E-state index contributed by atoms with van der Waals surface area (Å²) in [4.78, 5) is 32.0. The topological polar surface area (TPSA) is 87.6 Å². The molecular formula is C15H13N5O2. The number of hydrogen-bond donors (Lipinski definition) is 1. The van der Waals surface area contributed by atoms with Gasteiger partial charge in [0.1, 0.15) is 5.71 Å².